The van der Waals surface area contributed by atoms with Gasteiger partial charge in [-0.15, -0.1) is 0 Å². The SMILES string of the molecule is NC(CCCCCC1NC2CCC(O)CC2C1(CC1CCCCC1)CC1CCCCC1)C(CC1C=CCCC1)(CC1CCCCC1)C1CCCC(O)C1. The molecule has 5 N–H and O–H groups in total. The molecule has 4 nitrogen and oxygen atoms in total. The molecule has 0 spiro atoms. The molecule has 5 saturated carbocycles. The van der Waals surface area contributed by atoms with E-state index in [1.54, 1.807) is 0 Å². The summed E-state index contributed by atoms with van der Waals surface area (Å²) in [6.45, 7) is 0. The van der Waals surface area contributed by atoms with Gasteiger partial charge < -0.3 is 21.3 Å². The van der Waals surface area contributed by atoms with Crippen molar-refractivity contribution in [3.63, 3.8) is 0 Å². The fourth-order valence-corrected chi connectivity index (χ4v) is 14.9. The Morgan fingerprint density at radius 2 is 1.30 bits per heavy atom. The van der Waals surface area contributed by atoms with Crippen LogP contribution in [-0.2, 0) is 0 Å². The van der Waals surface area contributed by atoms with Gasteiger partial charge in [0.05, 0.1) is 12.2 Å². The highest BCUT2D eigenvalue weighted by molar-refractivity contribution is 5.11. The number of hydrogen-bond acceptors (Lipinski definition) is 4. The normalized spacial score (nSPS) is 36.5. The summed E-state index contributed by atoms with van der Waals surface area (Å²) < 4.78 is 0. The first kappa shape index (κ1) is 40.8. The number of aliphatic hydroxyl groups excluding tert-OH is 2. The van der Waals surface area contributed by atoms with E-state index >= 15 is 0 Å². The molecule has 0 aromatic carbocycles. The van der Waals surface area contributed by atoms with E-state index in [2.05, 4.69) is 17.5 Å². The van der Waals surface area contributed by atoms with Gasteiger partial charge >= 0.3 is 0 Å². The van der Waals surface area contributed by atoms with Crippen LogP contribution in [0.1, 0.15) is 218 Å². The monoisotopic (exact) mass is 735 g/mol. The molecule has 7 aliphatic rings. The van der Waals surface area contributed by atoms with E-state index in [-0.39, 0.29) is 23.7 Å². The Balaban J connectivity index is 1.04. The molecule has 0 amide bonds. The summed E-state index contributed by atoms with van der Waals surface area (Å²) in [7, 11) is 0. The summed E-state index contributed by atoms with van der Waals surface area (Å²) >= 11 is 0. The summed E-state index contributed by atoms with van der Waals surface area (Å²) in [6.07, 6.45) is 49.8. The summed E-state index contributed by atoms with van der Waals surface area (Å²) in [6, 6.07) is 1.51. The highest BCUT2D eigenvalue weighted by Crippen LogP contribution is 2.57. The maximum Gasteiger partial charge on any atom is 0.0544 e. The van der Waals surface area contributed by atoms with Crippen LogP contribution in [0.25, 0.3) is 0 Å². The molecule has 7 rings (SSSR count). The van der Waals surface area contributed by atoms with Crippen LogP contribution in [0, 0.1) is 46.3 Å². The molecule has 0 bridgehead atoms. The predicted molar refractivity (Wildman–Crippen MR) is 223 cm³/mol. The number of nitrogens with one attached hydrogen (secondary N) is 1. The number of aliphatic hydroxyl groups is 2. The minimum atomic E-state index is -0.125. The summed E-state index contributed by atoms with van der Waals surface area (Å²) in [5.41, 5.74) is 8.23. The van der Waals surface area contributed by atoms with E-state index in [1.807, 2.05) is 0 Å². The second-order valence-electron chi connectivity index (χ2n) is 21.1. The third kappa shape index (κ3) is 10.4. The van der Waals surface area contributed by atoms with Crippen molar-refractivity contribution < 1.29 is 10.2 Å². The van der Waals surface area contributed by atoms with Gasteiger partial charge in [0.25, 0.3) is 0 Å². The zero-order chi connectivity index (χ0) is 36.5. The van der Waals surface area contributed by atoms with Crippen LogP contribution in [0.15, 0.2) is 12.2 Å². The van der Waals surface area contributed by atoms with Crippen LogP contribution in [0.5, 0.6) is 0 Å². The average Bonchev–Trinajstić information content (AvgIpc) is 3.46. The smallest absolute Gasteiger partial charge is 0.0544 e. The van der Waals surface area contributed by atoms with Gasteiger partial charge in [-0.1, -0.05) is 134 Å². The van der Waals surface area contributed by atoms with Gasteiger partial charge in [-0.3, -0.25) is 0 Å². The van der Waals surface area contributed by atoms with E-state index in [9.17, 15) is 10.2 Å². The van der Waals surface area contributed by atoms with E-state index in [4.69, 9.17) is 5.73 Å². The number of nitrogens with two attached hydrogens (primary N) is 1. The Morgan fingerprint density at radius 3 is 1.94 bits per heavy atom. The zero-order valence-electron chi connectivity index (χ0n) is 34.5. The Hall–Kier alpha value is -0.420. The third-order valence-corrected chi connectivity index (χ3v) is 17.6. The molecule has 6 aliphatic carbocycles. The average molecular weight is 735 g/mol. The first-order valence-electron chi connectivity index (χ1n) is 24.5. The van der Waals surface area contributed by atoms with Crippen LogP contribution in [0.2, 0.25) is 0 Å². The maximum absolute atomic E-state index is 11.1. The van der Waals surface area contributed by atoms with Crippen LogP contribution in [0.4, 0.5) is 0 Å². The van der Waals surface area contributed by atoms with E-state index in [0.717, 1.165) is 43.4 Å². The van der Waals surface area contributed by atoms with Gasteiger partial charge in [-0.05, 0) is 143 Å². The predicted octanol–water partition coefficient (Wildman–Crippen LogP) is 11.9. The minimum Gasteiger partial charge on any atom is -0.393 e. The third-order valence-electron chi connectivity index (χ3n) is 17.6. The number of hydrogen-bond donors (Lipinski definition) is 4. The molecule has 6 fully saturated rings. The summed E-state index contributed by atoms with van der Waals surface area (Å²) in [5.74, 6) is 4.57. The lowest BCUT2D eigenvalue weighted by atomic mass is 9.55. The van der Waals surface area contributed by atoms with Crippen molar-refractivity contribution in [1.29, 1.82) is 0 Å². The molecular weight excluding hydrogens is 649 g/mol. The highest BCUT2D eigenvalue weighted by atomic mass is 16.3. The molecule has 53 heavy (non-hydrogen) atoms. The number of fused-ring (bicyclic) bond motifs is 1. The van der Waals surface area contributed by atoms with Crippen LogP contribution in [0.3, 0.4) is 0 Å². The van der Waals surface area contributed by atoms with Crippen LogP contribution in [-0.4, -0.2) is 40.5 Å². The first-order chi connectivity index (χ1) is 25.9. The second kappa shape index (κ2) is 19.8. The van der Waals surface area contributed by atoms with Gasteiger partial charge in [0.1, 0.15) is 0 Å². The lowest BCUT2D eigenvalue weighted by Crippen LogP contribution is -2.51. The van der Waals surface area contributed by atoms with Crippen LogP contribution < -0.4 is 11.1 Å². The molecule has 9 atom stereocenters. The molecule has 1 heterocycles. The molecule has 9 unspecified atom stereocenters. The Bertz CT molecular complexity index is 1070. The van der Waals surface area contributed by atoms with E-state index < -0.39 is 0 Å². The number of allylic oxidation sites excluding steroid dienone is 2. The second-order valence-corrected chi connectivity index (χ2v) is 21.1. The molecule has 0 aromatic rings. The fourth-order valence-electron chi connectivity index (χ4n) is 14.9. The first-order valence-corrected chi connectivity index (χ1v) is 24.5. The van der Waals surface area contributed by atoms with Gasteiger partial charge in [-0.25, -0.2) is 0 Å². The number of unbranched alkanes of at least 4 members (excludes halogenated alkanes) is 2. The highest BCUT2D eigenvalue weighted by Gasteiger charge is 2.56. The molecule has 1 aliphatic heterocycles. The van der Waals surface area contributed by atoms with E-state index in [0.29, 0.717) is 35.3 Å². The van der Waals surface area contributed by atoms with Gasteiger partial charge in [-0.2, -0.15) is 0 Å². The van der Waals surface area contributed by atoms with Crippen molar-refractivity contribution >= 4 is 0 Å². The van der Waals surface area contributed by atoms with Crippen molar-refractivity contribution in [3.05, 3.63) is 12.2 Å². The Kier molecular flexibility index (Phi) is 15.3. The van der Waals surface area contributed by atoms with E-state index in [1.165, 1.54) is 193 Å². The molecule has 0 radical (unpaired) electrons. The molecule has 4 heteroatoms. The summed E-state index contributed by atoms with van der Waals surface area (Å²) in [5, 5.41) is 26.5. The maximum atomic E-state index is 11.1. The standard InChI is InChI=1S/C49H86N2O2/c50-46(48(33-37-17-6-1-7-18-37,34-38-19-8-2-9-20-38)41-25-16-26-42(52)31-41)27-14-5-15-28-47-49(35-39-21-10-3-11-22-39,36-40-23-12-4-13-24-40)44-32-43(53)29-30-45(44)51-47/h6,17,37-47,51-53H,1-5,7-16,18-36,50H2. The fraction of sp³-hybridized carbons (Fsp3) is 0.959. The van der Waals surface area contributed by atoms with Gasteiger partial charge in [0, 0.05) is 18.1 Å². The largest absolute Gasteiger partial charge is 0.393 e. The van der Waals surface area contributed by atoms with Crippen molar-refractivity contribution in [3.8, 4) is 0 Å². The van der Waals surface area contributed by atoms with Crippen molar-refractivity contribution in [1.82, 2.24) is 5.32 Å². The summed E-state index contributed by atoms with van der Waals surface area (Å²) in [4.78, 5) is 0. The van der Waals surface area contributed by atoms with Gasteiger partial charge in [0.2, 0.25) is 0 Å². The lowest BCUT2D eigenvalue weighted by Gasteiger charge is -2.51. The molecule has 1 saturated heterocycles. The van der Waals surface area contributed by atoms with Crippen molar-refractivity contribution in [2.24, 2.45) is 52.1 Å². The minimum absolute atomic E-state index is 0.0846. The topological polar surface area (TPSA) is 78.5 Å². The number of rotatable bonds is 16. The Morgan fingerprint density at radius 1 is 0.642 bits per heavy atom. The van der Waals surface area contributed by atoms with Crippen molar-refractivity contribution in [2.75, 3.05) is 0 Å². The quantitative estimate of drug-likeness (QED) is 0.0940. The lowest BCUT2D eigenvalue weighted by molar-refractivity contribution is -0.0156. The van der Waals surface area contributed by atoms with Crippen LogP contribution >= 0.6 is 0 Å². The molecule has 304 valence electrons. The molecule has 0 aromatic heterocycles. The zero-order valence-corrected chi connectivity index (χ0v) is 34.5. The van der Waals surface area contributed by atoms with Crippen molar-refractivity contribution in [2.45, 2.75) is 249 Å². The van der Waals surface area contributed by atoms with Gasteiger partial charge in [0.15, 0.2) is 0 Å². The Labute approximate surface area is 327 Å². The molecular formula is C49H86N2O2.